The maximum Gasteiger partial charge on any atom is 0.119 e. The van der Waals surface area contributed by atoms with Crippen molar-refractivity contribution >= 4 is 0 Å². The van der Waals surface area contributed by atoms with Gasteiger partial charge in [-0.2, -0.15) is 5.26 Å². The molecule has 0 aromatic heterocycles. The lowest BCUT2D eigenvalue weighted by molar-refractivity contribution is 0.306. The van der Waals surface area contributed by atoms with Gasteiger partial charge in [-0.1, -0.05) is 36.1 Å². The van der Waals surface area contributed by atoms with Gasteiger partial charge in [-0.05, 0) is 35.4 Å². The molecule has 0 unspecified atom stereocenters. The molecule has 0 saturated carbocycles. The number of aliphatic hydroxyl groups is 1. The van der Waals surface area contributed by atoms with Gasteiger partial charge in [0.25, 0.3) is 0 Å². The minimum atomic E-state index is -0.132. The molecule has 0 heterocycles. The molecule has 0 atom stereocenters. The molecule has 1 N–H and O–H groups in total. The summed E-state index contributed by atoms with van der Waals surface area (Å²) in [5.41, 5.74) is 2.90. The third-order valence-electron chi connectivity index (χ3n) is 2.88. The van der Waals surface area contributed by atoms with E-state index in [1.807, 2.05) is 48.5 Å². The topological polar surface area (TPSA) is 53.2 Å². The minimum Gasteiger partial charge on any atom is -0.489 e. The van der Waals surface area contributed by atoms with Gasteiger partial charge in [0.05, 0.1) is 12.5 Å². The van der Waals surface area contributed by atoms with Crippen molar-refractivity contribution in [2.45, 2.75) is 13.0 Å². The smallest absolute Gasteiger partial charge is 0.119 e. The first-order chi connectivity index (χ1) is 10.3. The number of aliphatic hydroxyl groups excluding tert-OH is 1. The Kier molecular flexibility index (Phi) is 5.41. The van der Waals surface area contributed by atoms with E-state index in [9.17, 15) is 0 Å². The highest BCUT2D eigenvalue weighted by Gasteiger charge is 1.97. The standard InChI is InChI=1S/C18H15NO2/c19-12-11-16-7-9-18(10-8-16)21-14-17-5-3-15(4-6-17)2-1-13-20/h3-10,20H,11,13-14H2. The highest BCUT2D eigenvalue weighted by Crippen LogP contribution is 2.14. The van der Waals surface area contributed by atoms with Crippen LogP contribution in [-0.4, -0.2) is 11.7 Å². The van der Waals surface area contributed by atoms with Crippen molar-refractivity contribution < 1.29 is 9.84 Å². The number of hydrogen-bond donors (Lipinski definition) is 1. The van der Waals surface area contributed by atoms with E-state index in [0.717, 1.165) is 22.4 Å². The van der Waals surface area contributed by atoms with E-state index < -0.39 is 0 Å². The third-order valence-corrected chi connectivity index (χ3v) is 2.88. The Hall–Kier alpha value is -2.75. The van der Waals surface area contributed by atoms with Gasteiger partial charge in [0.1, 0.15) is 19.0 Å². The van der Waals surface area contributed by atoms with Gasteiger partial charge in [0.15, 0.2) is 0 Å². The van der Waals surface area contributed by atoms with Crippen LogP contribution in [0.5, 0.6) is 5.75 Å². The van der Waals surface area contributed by atoms with Crippen LogP contribution < -0.4 is 4.74 Å². The molecule has 0 saturated heterocycles. The summed E-state index contributed by atoms with van der Waals surface area (Å²) in [6, 6.07) is 17.3. The summed E-state index contributed by atoms with van der Waals surface area (Å²) in [5.74, 6) is 6.23. The maximum atomic E-state index is 8.63. The number of rotatable bonds is 4. The zero-order valence-corrected chi connectivity index (χ0v) is 11.5. The van der Waals surface area contributed by atoms with E-state index in [-0.39, 0.29) is 6.61 Å². The van der Waals surface area contributed by atoms with Crippen molar-refractivity contribution in [1.29, 1.82) is 5.26 Å². The molecule has 2 rings (SSSR count). The summed E-state index contributed by atoms with van der Waals surface area (Å²) >= 11 is 0. The van der Waals surface area contributed by atoms with Gasteiger partial charge in [0, 0.05) is 5.56 Å². The molecular weight excluding hydrogens is 262 g/mol. The Bertz CT molecular complexity index is 670. The van der Waals surface area contributed by atoms with Crippen molar-refractivity contribution in [2.75, 3.05) is 6.61 Å². The van der Waals surface area contributed by atoms with Crippen LogP contribution in [0.3, 0.4) is 0 Å². The molecule has 2 aromatic rings. The largest absolute Gasteiger partial charge is 0.489 e. The van der Waals surface area contributed by atoms with Crippen LogP contribution in [0.4, 0.5) is 0 Å². The first-order valence-corrected chi connectivity index (χ1v) is 6.59. The summed E-state index contributed by atoms with van der Waals surface area (Å²) < 4.78 is 5.69. The molecule has 0 aliphatic heterocycles. The molecule has 0 aliphatic carbocycles. The van der Waals surface area contributed by atoms with E-state index in [1.165, 1.54) is 0 Å². The summed E-state index contributed by atoms with van der Waals surface area (Å²) in [5, 5.41) is 17.2. The second kappa shape index (κ2) is 7.75. The maximum absolute atomic E-state index is 8.63. The number of nitriles is 1. The number of nitrogens with zero attached hydrogens (tertiary/aromatic N) is 1. The van der Waals surface area contributed by atoms with Gasteiger partial charge in [-0.15, -0.1) is 0 Å². The Morgan fingerprint density at radius 1 is 0.952 bits per heavy atom. The lowest BCUT2D eigenvalue weighted by Gasteiger charge is -2.06. The molecule has 0 radical (unpaired) electrons. The molecule has 0 spiro atoms. The van der Waals surface area contributed by atoms with Crippen LogP contribution in [0.15, 0.2) is 48.5 Å². The Balaban J connectivity index is 1.92. The van der Waals surface area contributed by atoms with Gasteiger partial charge >= 0.3 is 0 Å². The molecule has 3 nitrogen and oxygen atoms in total. The second-order valence-corrected chi connectivity index (χ2v) is 4.42. The molecule has 0 bridgehead atoms. The van der Waals surface area contributed by atoms with E-state index >= 15 is 0 Å². The fourth-order valence-corrected chi connectivity index (χ4v) is 1.79. The first-order valence-electron chi connectivity index (χ1n) is 6.59. The van der Waals surface area contributed by atoms with E-state index in [1.54, 1.807) is 0 Å². The predicted molar refractivity (Wildman–Crippen MR) is 80.5 cm³/mol. The molecule has 104 valence electrons. The molecule has 0 fully saturated rings. The summed E-state index contributed by atoms with van der Waals surface area (Å²) in [6.07, 6.45) is 0.413. The Morgan fingerprint density at radius 3 is 2.24 bits per heavy atom. The monoisotopic (exact) mass is 277 g/mol. The van der Waals surface area contributed by atoms with E-state index in [2.05, 4.69) is 17.9 Å². The summed E-state index contributed by atoms with van der Waals surface area (Å²) in [6.45, 7) is 0.345. The molecule has 0 aliphatic rings. The first kappa shape index (κ1) is 14.7. The highest BCUT2D eigenvalue weighted by molar-refractivity contribution is 5.36. The van der Waals surface area contributed by atoms with Crippen LogP contribution in [0.2, 0.25) is 0 Å². The third kappa shape index (κ3) is 4.69. The van der Waals surface area contributed by atoms with Gasteiger partial charge in [0.2, 0.25) is 0 Å². The number of hydrogen-bond acceptors (Lipinski definition) is 3. The van der Waals surface area contributed by atoms with Crippen LogP contribution >= 0.6 is 0 Å². The van der Waals surface area contributed by atoms with Crippen molar-refractivity contribution in [3.8, 4) is 23.7 Å². The lowest BCUT2D eigenvalue weighted by atomic mass is 10.1. The van der Waals surface area contributed by atoms with Crippen molar-refractivity contribution in [1.82, 2.24) is 0 Å². The van der Waals surface area contributed by atoms with Crippen LogP contribution in [-0.2, 0) is 13.0 Å². The molecule has 3 heteroatoms. The van der Waals surface area contributed by atoms with Crippen molar-refractivity contribution in [3.05, 3.63) is 65.2 Å². The van der Waals surface area contributed by atoms with Crippen molar-refractivity contribution in [2.24, 2.45) is 0 Å². The fraction of sp³-hybridized carbons (Fsp3) is 0.167. The van der Waals surface area contributed by atoms with Gasteiger partial charge < -0.3 is 9.84 Å². The SMILES string of the molecule is N#CCc1ccc(OCc2ccc(C#CCO)cc2)cc1. The minimum absolute atomic E-state index is 0.132. The molecular formula is C18H15NO2. The number of benzene rings is 2. The Morgan fingerprint density at radius 2 is 1.62 bits per heavy atom. The Labute approximate surface area is 124 Å². The summed E-state index contributed by atoms with van der Waals surface area (Å²) in [4.78, 5) is 0. The van der Waals surface area contributed by atoms with Gasteiger partial charge in [-0.25, -0.2) is 0 Å². The van der Waals surface area contributed by atoms with Crippen LogP contribution in [0.1, 0.15) is 16.7 Å². The normalized spacial score (nSPS) is 9.33. The van der Waals surface area contributed by atoms with E-state index in [0.29, 0.717) is 13.0 Å². The highest BCUT2D eigenvalue weighted by atomic mass is 16.5. The molecule has 0 amide bonds. The number of ether oxygens (including phenoxy) is 1. The van der Waals surface area contributed by atoms with Gasteiger partial charge in [-0.3, -0.25) is 0 Å². The molecule has 21 heavy (non-hydrogen) atoms. The predicted octanol–water partition coefficient (Wildman–Crippen LogP) is 2.68. The summed E-state index contributed by atoms with van der Waals surface area (Å²) in [7, 11) is 0. The lowest BCUT2D eigenvalue weighted by Crippen LogP contribution is -1.95. The van der Waals surface area contributed by atoms with Crippen molar-refractivity contribution in [3.63, 3.8) is 0 Å². The fourth-order valence-electron chi connectivity index (χ4n) is 1.79. The van der Waals surface area contributed by atoms with Crippen LogP contribution in [0, 0.1) is 23.2 Å². The van der Waals surface area contributed by atoms with E-state index in [4.69, 9.17) is 15.1 Å². The zero-order chi connectivity index (χ0) is 14.9. The second-order valence-electron chi connectivity index (χ2n) is 4.42. The average molecular weight is 277 g/mol. The van der Waals surface area contributed by atoms with Crippen LogP contribution in [0.25, 0.3) is 0 Å². The molecule has 2 aromatic carbocycles. The zero-order valence-electron chi connectivity index (χ0n) is 11.5. The quantitative estimate of drug-likeness (QED) is 0.874. The average Bonchev–Trinajstić information content (AvgIpc) is 2.53.